The Labute approximate surface area is 99.2 Å². The van der Waals surface area contributed by atoms with E-state index in [9.17, 15) is 3.32 Å². The first kappa shape index (κ1) is 15.4. The summed E-state index contributed by atoms with van der Waals surface area (Å²) in [5.41, 5.74) is 0. The molecule has 0 amide bonds. The first-order valence-corrected chi connectivity index (χ1v) is 7.35. The van der Waals surface area contributed by atoms with Crippen molar-refractivity contribution in [2.24, 2.45) is 0 Å². The Bertz CT molecular complexity index is 179. The molecule has 0 fully saturated rings. The third-order valence-electron chi connectivity index (χ3n) is 1.68. The Hall–Kier alpha value is 0.354. The zero-order valence-corrected chi connectivity index (χ0v) is 11.6. The first-order chi connectivity index (χ1) is 7.10. The van der Waals surface area contributed by atoms with E-state index < -0.39 is 18.6 Å². The molecule has 5 nitrogen and oxygen atoms in total. The van der Waals surface area contributed by atoms with E-state index in [-0.39, 0.29) is 6.10 Å². The monoisotopic (exact) mass is 254 g/mol. The zero-order valence-electron chi connectivity index (χ0n) is 10.1. The summed E-state index contributed by atoms with van der Waals surface area (Å²) < 4.78 is 21.8. The van der Waals surface area contributed by atoms with Gasteiger partial charge in [-0.2, -0.15) is 0 Å². The molecule has 0 aliphatic heterocycles. The summed E-state index contributed by atoms with van der Waals surface area (Å²) in [5, 5.41) is 4.87. The summed E-state index contributed by atoms with van der Waals surface area (Å²) >= 11 is -3.00. The van der Waals surface area contributed by atoms with Gasteiger partial charge < -0.3 is 0 Å². The first-order valence-electron chi connectivity index (χ1n) is 5.44. The molecule has 0 radical (unpaired) electrons. The predicted octanol–water partition coefficient (Wildman–Crippen LogP) is 1.07. The van der Waals surface area contributed by atoms with Gasteiger partial charge in [-0.25, -0.2) is 0 Å². The number of likely N-dealkylation sites (N-methyl/N-ethyl adjacent to an activating group) is 2. The molecule has 1 N–H and O–H groups in total. The van der Waals surface area contributed by atoms with Gasteiger partial charge in [0, 0.05) is 0 Å². The average molecular weight is 254 g/mol. The minimum absolute atomic E-state index is 0.0371. The molecule has 0 aromatic rings. The van der Waals surface area contributed by atoms with E-state index in [4.69, 9.17) is 6.74 Å². The summed E-state index contributed by atoms with van der Waals surface area (Å²) in [5.74, 6) is 0. The van der Waals surface area contributed by atoms with Crippen molar-refractivity contribution in [3.63, 3.8) is 0 Å². The second kappa shape index (κ2) is 9.57. The van der Waals surface area contributed by atoms with Crippen molar-refractivity contribution in [1.82, 2.24) is 10.4 Å². The summed E-state index contributed by atoms with van der Waals surface area (Å²) in [4.78, 5) is 0. The van der Waals surface area contributed by atoms with E-state index in [1.807, 2.05) is 27.7 Å². The summed E-state index contributed by atoms with van der Waals surface area (Å²) in [6, 6.07) is 0. The van der Waals surface area contributed by atoms with Crippen LogP contribution in [0, 0.1) is 0 Å². The van der Waals surface area contributed by atoms with Crippen molar-refractivity contribution >= 4 is 0 Å². The van der Waals surface area contributed by atoms with Gasteiger partial charge in [-0.1, -0.05) is 0 Å². The van der Waals surface area contributed by atoms with Crippen LogP contribution in [0.5, 0.6) is 0 Å². The maximum atomic E-state index is 11.4. The van der Waals surface area contributed by atoms with Gasteiger partial charge >= 0.3 is 99.0 Å². The van der Waals surface area contributed by atoms with E-state index in [2.05, 4.69) is 5.32 Å². The van der Waals surface area contributed by atoms with Gasteiger partial charge in [0.05, 0.1) is 0 Å². The molecule has 0 saturated carbocycles. The number of hydrogen-bond acceptors (Lipinski definition) is 5. The quantitative estimate of drug-likeness (QED) is 0.379. The molecule has 0 rings (SSSR count). The molecule has 6 heteroatoms. The molecule has 0 atom stereocenters. The molecule has 0 heterocycles. The van der Waals surface area contributed by atoms with Crippen molar-refractivity contribution in [2.45, 2.75) is 33.8 Å². The van der Waals surface area contributed by atoms with E-state index in [0.29, 0.717) is 6.54 Å². The van der Waals surface area contributed by atoms with Crippen LogP contribution in [0.15, 0.2) is 0 Å². The molecule has 0 bridgehead atoms. The normalized spacial score (nSPS) is 11.3. The molecule has 0 unspecified atom stereocenters. The van der Waals surface area contributed by atoms with E-state index in [0.717, 1.165) is 19.6 Å². The minimum atomic E-state index is -3.00. The van der Waals surface area contributed by atoms with E-state index in [1.165, 1.54) is 0 Å². The number of rotatable bonds is 9. The Morgan fingerprint density at radius 1 is 1.40 bits per heavy atom. The Morgan fingerprint density at radius 3 is 2.53 bits per heavy atom. The molecule has 0 aromatic carbocycles. The molecular weight excluding hydrogens is 232 g/mol. The van der Waals surface area contributed by atoms with Gasteiger partial charge in [0.1, 0.15) is 0 Å². The second-order valence-corrected chi connectivity index (χ2v) is 4.82. The maximum absolute atomic E-state index is 11.4. The topological polar surface area (TPSA) is 50.8 Å². The Morgan fingerprint density at radius 2 is 2.07 bits per heavy atom. The van der Waals surface area contributed by atoms with Crippen molar-refractivity contribution in [3.05, 3.63) is 0 Å². The molecule has 0 spiro atoms. The van der Waals surface area contributed by atoms with Crippen LogP contribution in [0.1, 0.15) is 27.7 Å². The third-order valence-corrected chi connectivity index (χ3v) is 3.35. The van der Waals surface area contributed by atoms with Crippen LogP contribution in [-0.4, -0.2) is 37.3 Å². The van der Waals surface area contributed by atoms with E-state index >= 15 is 0 Å². The number of nitrogens with one attached hydrogen (secondary N) is 1. The number of hydrogen-bond donors (Lipinski definition) is 1. The van der Waals surface area contributed by atoms with Gasteiger partial charge in [-0.05, 0) is 0 Å². The fourth-order valence-corrected chi connectivity index (χ4v) is 2.31. The van der Waals surface area contributed by atoms with Gasteiger partial charge in [-0.3, -0.25) is 0 Å². The fourth-order valence-electron chi connectivity index (χ4n) is 0.968. The van der Waals surface area contributed by atoms with Crippen LogP contribution in [0.4, 0.5) is 0 Å². The van der Waals surface area contributed by atoms with Crippen molar-refractivity contribution < 1.29 is 28.7 Å². The zero-order chi connectivity index (χ0) is 11.7. The van der Waals surface area contributed by atoms with Crippen molar-refractivity contribution in [2.75, 3.05) is 26.2 Å². The van der Waals surface area contributed by atoms with E-state index in [1.54, 1.807) is 5.06 Å². The molecule has 90 valence electrons. The second-order valence-electron chi connectivity index (χ2n) is 3.38. The van der Waals surface area contributed by atoms with Gasteiger partial charge in [0.2, 0.25) is 0 Å². The number of hydroxylamine groups is 2. The number of nitrogens with zero attached hydrogens (tertiary/aromatic N) is 1. The van der Waals surface area contributed by atoms with Gasteiger partial charge in [0.15, 0.2) is 0 Å². The molecule has 0 saturated heterocycles. The fraction of sp³-hybridized carbons (Fsp3) is 1.00. The molecule has 0 aliphatic rings. The third kappa shape index (κ3) is 9.29. The standard InChI is InChI=1S/C6H15N2O.C3H7O.O.Ti/c1-3-7-5-6-8(9)4-2;1-3(2)4;;/h7H,3-6H2,1-2H3;3H,1-2H3;;/q2*-1;;+2. The summed E-state index contributed by atoms with van der Waals surface area (Å²) in [6.07, 6.45) is -0.0371. The predicted molar refractivity (Wildman–Crippen MR) is 53.8 cm³/mol. The van der Waals surface area contributed by atoms with Crippen LogP contribution < -0.4 is 5.32 Å². The SMILES string of the molecule is CCNCCN(CC)[O][Ti](=[O])[O]C(C)C. The summed E-state index contributed by atoms with van der Waals surface area (Å²) in [7, 11) is 0. The van der Waals surface area contributed by atoms with Crippen LogP contribution in [-0.2, 0) is 28.7 Å². The Balaban J connectivity index is 3.72. The van der Waals surface area contributed by atoms with Gasteiger partial charge in [0.25, 0.3) is 0 Å². The summed E-state index contributed by atoms with van der Waals surface area (Å²) in [6.45, 7) is 10.9. The van der Waals surface area contributed by atoms with Gasteiger partial charge in [-0.15, -0.1) is 0 Å². The van der Waals surface area contributed by atoms with Crippen LogP contribution >= 0.6 is 0 Å². The van der Waals surface area contributed by atoms with Crippen LogP contribution in [0.25, 0.3) is 0 Å². The average Bonchev–Trinajstić information content (AvgIpc) is 2.15. The molecular formula is C9H22N2O3Ti. The van der Waals surface area contributed by atoms with Crippen molar-refractivity contribution in [3.8, 4) is 0 Å². The molecule has 0 aliphatic carbocycles. The molecule has 0 aromatic heterocycles. The Kier molecular flexibility index (Phi) is 9.80. The van der Waals surface area contributed by atoms with Crippen molar-refractivity contribution in [1.29, 1.82) is 0 Å². The van der Waals surface area contributed by atoms with Crippen LogP contribution in [0.2, 0.25) is 0 Å². The molecule has 15 heavy (non-hydrogen) atoms. The van der Waals surface area contributed by atoms with Crippen LogP contribution in [0.3, 0.4) is 0 Å².